The molecule has 10 aromatic rings. The lowest BCUT2D eigenvalue weighted by Crippen LogP contribution is -2.14. The van der Waals surface area contributed by atoms with E-state index < -0.39 is 0 Å². The molecule has 0 aliphatic rings. The zero-order valence-electron chi connectivity index (χ0n) is 35.8. The zero-order chi connectivity index (χ0) is 41.5. The molecule has 10 rings (SSSR count). The van der Waals surface area contributed by atoms with Crippen molar-refractivity contribution in [1.82, 2.24) is 19.1 Å². The molecule has 294 valence electrons. The average Bonchev–Trinajstić information content (AvgIpc) is 3.76. The third-order valence-corrected chi connectivity index (χ3v) is 12.3. The molecule has 4 heterocycles. The van der Waals surface area contributed by atoms with Gasteiger partial charge in [-0.2, -0.15) is 0 Å². The first-order valence-corrected chi connectivity index (χ1v) is 21.1. The fourth-order valence-corrected chi connectivity index (χ4v) is 9.33. The van der Waals surface area contributed by atoms with Crippen molar-refractivity contribution >= 4 is 43.6 Å². The topological polar surface area (TPSA) is 35.6 Å². The summed E-state index contributed by atoms with van der Waals surface area (Å²) in [4.78, 5) is 10.7. The Bertz CT molecular complexity index is 3200. The summed E-state index contributed by atoms with van der Waals surface area (Å²) in [6.07, 6.45) is 2.02. The van der Waals surface area contributed by atoms with Gasteiger partial charge in [0.25, 0.3) is 0 Å². The fourth-order valence-electron chi connectivity index (χ4n) is 9.33. The van der Waals surface area contributed by atoms with E-state index in [1.165, 1.54) is 54.7 Å². The maximum atomic E-state index is 5.57. The molecule has 0 amide bonds. The van der Waals surface area contributed by atoms with Gasteiger partial charge in [-0.05, 0) is 108 Å². The van der Waals surface area contributed by atoms with Crippen molar-refractivity contribution in [3.63, 3.8) is 0 Å². The SMILES string of the molecule is Cc1cnc(-c2ccc(-n3c4ccccc4c4ccccc43)cc2C(C)(C)C)cc1-c1nc(-c2cc(-n3c4ccccc4c4ccccc43)ccc2C(C)(C)C)ccc1C. The summed E-state index contributed by atoms with van der Waals surface area (Å²) >= 11 is 0. The molecule has 0 aliphatic carbocycles. The van der Waals surface area contributed by atoms with Gasteiger partial charge in [-0.3, -0.25) is 4.98 Å². The zero-order valence-corrected chi connectivity index (χ0v) is 35.8. The largest absolute Gasteiger partial charge is 0.309 e. The van der Waals surface area contributed by atoms with E-state index in [0.717, 1.165) is 56.3 Å². The van der Waals surface area contributed by atoms with Crippen molar-refractivity contribution in [2.45, 2.75) is 66.2 Å². The van der Waals surface area contributed by atoms with E-state index in [2.05, 4.69) is 216 Å². The van der Waals surface area contributed by atoms with Crippen molar-refractivity contribution in [3.8, 4) is 45.1 Å². The third-order valence-electron chi connectivity index (χ3n) is 12.3. The summed E-state index contributed by atoms with van der Waals surface area (Å²) in [5.74, 6) is 0. The smallest absolute Gasteiger partial charge is 0.0742 e. The highest BCUT2D eigenvalue weighted by Crippen LogP contribution is 2.41. The van der Waals surface area contributed by atoms with E-state index in [9.17, 15) is 0 Å². The van der Waals surface area contributed by atoms with E-state index in [1.54, 1.807) is 0 Å². The van der Waals surface area contributed by atoms with Gasteiger partial charge >= 0.3 is 0 Å². The first-order valence-electron chi connectivity index (χ1n) is 21.1. The quantitative estimate of drug-likeness (QED) is 0.174. The lowest BCUT2D eigenvalue weighted by Gasteiger charge is -2.25. The molecule has 6 aromatic carbocycles. The number of benzene rings is 6. The van der Waals surface area contributed by atoms with Gasteiger partial charge in [0.15, 0.2) is 0 Å². The van der Waals surface area contributed by atoms with Crippen LogP contribution in [0.5, 0.6) is 0 Å². The van der Waals surface area contributed by atoms with Crippen LogP contribution >= 0.6 is 0 Å². The maximum Gasteiger partial charge on any atom is 0.0742 e. The van der Waals surface area contributed by atoms with Crippen LogP contribution in [0.15, 0.2) is 158 Å². The molecule has 0 unspecified atom stereocenters. The summed E-state index contributed by atoms with van der Waals surface area (Å²) in [7, 11) is 0. The lowest BCUT2D eigenvalue weighted by molar-refractivity contribution is 0.591. The Morgan fingerprint density at radius 3 is 1.40 bits per heavy atom. The summed E-state index contributed by atoms with van der Waals surface area (Å²) in [5.41, 5.74) is 17.9. The molecule has 4 nitrogen and oxygen atoms in total. The molecule has 0 N–H and O–H groups in total. The molecule has 60 heavy (non-hydrogen) atoms. The fraction of sp³-hybridized carbons (Fsp3) is 0.179. The van der Waals surface area contributed by atoms with Crippen LogP contribution in [0.25, 0.3) is 88.8 Å². The van der Waals surface area contributed by atoms with E-state index in [-0.39, 0.29) is 10.8 Å². The van der Waals surface area contributed by atoms with Gasteiger partial charge in [-0.25, -0.2) is 4.98 Å². The third kappa shape index (κ3) is 6.13. The van der Waals surface area contributed by atoms with Crippen molar-refractivity contribution in [3.05, 3.63) is 180 Å². The summed E-state index contributed by atoms with van der Waals surface area (Å²) in [5, 5.41) is 5.03. The first kappa shape index (κ1) is 37.5. The molecule has 0 fully saturated rings. The number of nitrogens with zero attached hydrogens (tertiary/aromatic N) is 4. The van der Waals surface area contributed by atoms with Crippen molar-refractivity contribution in [1.29, 1.82) is 0 Å². The normalized spacial score (nSPS) is 12.3. The Morgan fingerprint density at radius 1 is 0.400 bits per heavy atom. The number of hydrogen-bond donors (Lipinski definition) is 0. The number of pyridine rings is 2. The summed E-state index contributed by atoms with van der Waals surface area (Å²) in [6, 6.07) is 55.4. The summed E-state index contributed by atoms with van der Waals surface area (Å²) < 4.78 is 4.80. The molecule has 4 heteroatoms. The van der Waals surface area contributed by atoms with Crippen LogP contribution in [0, 0.1) is 13.8 Å². The minimum Gasteiger partial charge on any atom is -0.309 e. The van der Waals surface area contributed by atoms with Gasteiger partial charge in [0.1, 0.15) is 0 Å². The van der Waals surface area contributed by atoms with Crippen molar-refractivity contribution in [2.24, 2.45) is 0 Å². The average molecular weight is 779 g/mol. The number of aromatic nitrogens is 4. The standard InChI is InChI=1S/C56H50N4/c1-35-25-30-48(45-31-37(27-29-46(45)55(3,4)5)59-50-21-13-9-17-39(50)40-18-10-14-22-51(40)59)58-54(35)44-33-49(57-34-36(44)2)43-28-26-38(32-47(43)56(6,7)8)60-52-23-15-11-19-41(52)42-20-12-16-24-53(42)60/h9-34H,1-8H3. The second kappa shape index (κ2) is 13.9. The predicted molar refractivity (Wildman–Crippen MR) is 254 cm³/mol. The van der Waals surface area contributed by atoms with Crippen LogP contribution in [-0.2, 0) is 10.8 Å². The van der Waals surface area contributed by atoms with Gasteiger partial charge in [0.2, 0.25) is 0 Å². The van der Waals surface area contributed by atoms with Crippen molar-refractivity contribution in [2.75, 3.05) is 0 Å². The minimum atomic E-state index is -0.143. The van der Waals surface area contributed by atoms with Gasteiger partial charge in [0, 0.05) is 55.8 Å². The van der Waals surface area contributed by atoms with Gasteiger partial charge in [0.05, 0.1) is 39.1 Å². The molecule has 0 saturated carbocycles. The Labute approximate surface area is 352 Å². The second-order valence-corrected chi connectivity index (χ2v) is 18.4. The van der Waals surface area contributed by atoms with Crippen LogP contribution in [0.4, 0.5) is 0 Å². The van der Waals surface area contributed by atoms with Gasteiger partial charge < -0.3 is 9.13 Å². The van der Waals surface area contributed by atoms with Crippen molar-refractivity contribution < 1.29 is 0 Å². The van der Waals surface area contributed by atoms with E-state index in [4.69, 9.17) is 9.97 Å². The van der Waals surface area contributed by atoms with Gasteiger partial charge in [-0.15, -0.1) is 0 Å². The predicted octanol–water partition coefficient (Wildman–Crippen LogP) is 14.9. The highest BCUT2D eigenvalue weighted by molar-refractivity contribution is 6.10. The Morgan fingerprint density at radius 2 is 0.883 bits per heavy atom. The second-order valence-electron chi connectivity index (χ2n) is 18.4. The molecule has 4 aromatic heterocycles. The molecule has 0 bridgehead atoms. The molecule has 0 spiro atoms. The Kier molecular flexibility index (Phi) is 8.69. The molecular weight excluding hydrogens is 729 g/mol. The molecule has 0 saturated heterocycles. The maximum absolute atomic E-state index is 5.57. The molecular formula is C56H50N4. The van der Waals surface area contributed by atoms with Crippen LogP contribution in [0.3, 0.4) is 0 Å². The highest BCUT2D eigenvalue weighted by atomic mass is 15.0. The van der Waals surface area contributed by atoms with Crippen LogP contribution < -0.4 is 0 Å². The van der Waals surface area contributed by atoms with E-state index in [1.807, 2.05) is 6.20 Å². The number of fused-ring (bicyclic) bond motifs is 6. The number of para-hydroxylation sites is 4. The van der Waals surface area contributed by atoms with Crippen LogP contribution in [0.1, 0.15) is 63.8 Å². The minimum absolute atomic E-state index is 0.101. The Hall–Kier alpha value is -6.78. The van der Waals surface area contributed by atoms with Crippen LogP contribution in [0.2, 0.25) is 0 Å². The molecule has 0 radical (unpaired) electrons. The lowest BCUT2D eigenvalue weighted by atomic mass is 9.82. The first-order chi connectivity index (χ1) is 28.9. The highest BCUT2D eigenvalue weighted by Gasteiger charge is 2.25. The number of aryl methyl sites for hydroxylation is 2. The Balaban J connectivity index is 1.12. The molecule has 0 aliphatic heterocycles. The number of hydrogen-bond acceptors (Lipinski definition) is 2. The summed E-state index contributed by atoms with van der Waals surface area (Å²) in [6.45, 7) is 18.1. The van der Waals surface area contributed by atoms with Gasteiger partial charge in [-0.1, -0.05) is 133 Å². The monoisotopic (exact) mass is 778 g/mol. The van der Waals surface area contributed by atoms with E-state index in [0.29, 0.717) is 0 Å². The van der Waals surface area contributed by atoms with Crippen LogP contribution in [-0.4, -0.2) is 19.1 Å². The van der Waals surface area contributed by atoms with E-state index >= 15 is 0 Å². The molecule has 0 atom stereocenters. The number of rotatable bonds is 5.